The van der Waals surface area contributed by atoms with Crippen LogP contribution in [0.4, 0.5) is 15.8 Å². The van der Waals surface area contributed by atoms with Crippen molar-refractivity contribution in [1.82, 2.24) is 4.31 Å². The first-order valence-corrected chi connectivity index (χ1v) is 12.3. The number of rotatable bonds is 9. The summed E-state index contributed by atoms with van der Waals surface area (Å²) in [5, 5.41) is 2.85. The minimum atomic E-state index is -3.67. The highest BCUT2D eigenvalue weighted by atomic mass is 32.2. The minimum absolute atomic E-state index is 0.0482. The molecular formula is C23H30FN3O4S. The van der Waals surface area contributed by atoms with Gasteiger partial charge < -0.3 is 15.0 Å². The number of carbonyl (C=O) groups excluding carboxylic acids is 1. The molecule has 1 aliphatic heterocycles. The van der Waals surface area contributed by atoms with E-state index in [1.807, 2.05) is 0 Å². The number of nitrogens with zero attached hydrogens (tertiary/aromatic N) is 2. The van der Waals surface area contributed by atoms with E-state index in [0.717, 1.165) is 31.6 Å². The Morgan fingerprint density at radius 2 is 1.81 bits per heavy atom. The molecule has 0 saturated carbocycles. The molecule has 32 heavy (non-hydrogen) atoms. The summed E-state index contributed by atoms with van der Waals surface area (Å²) in [5.74, 6) is -0.782. The fourth-order valence-corrected chi connectivity index (χ4v) is 5.41. The van der Waals surface area contributed by atoms with E-state index in [4.69, 9.17) is 4.74 Å². The first-order valence-electron chi connectivity index (χ1n) is 10.8. The highest BCUT2D eigenvalue weighted by molar-refractivity contribution is 7.89. The average Bonchev–Trinajstić information content (AvgIpc) is 3.29. The molecule has 1 aliphatic rings. The summed E-state index contributed by atoms with van der Waals surface area (Å²) in [7, 11) is -2.29. The van der Waals surface area contributed by atoms with Gasteiger partial charge in [-0.2, -0.15) is 4.31 Å². The third-order valence-corrected chi connectivity index (χ3v) is 7.66. The van der Waals surface area contributed by atoms with Gasteiger partial charge >= 0.3 is 0 Å². The summed E-state index contributed by atoms with van der Waals surface area (Å²) in [6.07, 6.45) is 2.03. The molecule has 0 spiro atoms. The maximum absolute atomic E-state index is 14.0. The van der Waals surface area contributed by atoms with Crippen LogP contribution in [0.5, 0.6) is 5.75 Å². The number of hydrogen-bond acceptors (Lipinski definition) is 5. The predicted octanol–water partition coefficient (Wildman–Crippen LogP) is 3.65. The molecule has 0 aromatic heterocycles. The van der Waals surface area contributed by atoms with E-state index < -0.39 is 15.8 Å². The lowest BCUT2D eigenvalue weighted by atomic mass is 10.1. The van der Waals surface area contributed by atoms with Gasteiger partial charge in [0.15, 0.2) is 11.6 Å². The van der Waals surface area contributed by atoms with Crippen LogP contribution in [0.3, 0.4) is 0 Å². The summed E-state index contributed by atoms with van der Waals surface area (Å²) in [6, 6.07) is 9.24. The van der Waals surface area contributed by atoms with Crippen molar-refractivity contribution >= 4 is 27.3 Å². The number of ether oxygens (including phenoxy) is 1. The second-order valence-corrected chi connectivity index (χ2v) is 9.59. The van der Waals surface area contributed by atoms with E-state index in [0.29, 0.717) is 24.3 Å². The van der Waals surface area contributed by atoms with Gasteiger partial charge in [-0.25, -0.2) is 12.8 Å². The van der Waals surface area contributed by atoms with E-state index in [9.17, 15) is 17.6 Å². The molecular weight excluding hydrogens is 433 g/mol. The number of amides is 1. The molecule has 1 fully saturated rings. The molecule has 0 radical (unpaired) electrons. The fourth-order valence-electron chi connectivity index (χ4n) is 3.92. The van der Waals surface area contributed by atoms with E-state index >= 15 is 0 Å². The summed E-state index contributed by atoms with van der Waals surface area (Å²) >= 11 is 0. The van der Waals surface area contributed by atoms with Gasteiger partial charge in [0.2, 0.25) is 15.9 Å². The lowest BCUT2D eigenvalue weighted by Gasteiger charge is -2.24. The van der Waals surface area contributed by atoms with E-state index in [2.05, 4.69) is 10.2 Å². The summed E-state index contributed by atoms with van der Waals surface area (Å²) < 4.78 is 46.3. The van der Waals surface area contributed by atoms with Crippen LogP contribution >= 0.6 is 0 Å². The quantitative estimate of drug-likeness (QED) is 0.614. The Labute approximate surface area is 189 Å². The summed E-state index contributed by atoms with van der Waals surface area (Å²) in [6.45, 7) is 5.98. The first-order chi connectivity index (χ1) is 15.3. The maximum atomic E-state index is 14.0. The van der Waals surface area contributed by atoms with E-state index in [1.165, 1.54) is 29.6 Å². The van der Waals surface area contributed by atoms with E-state index in [-0.39, 0.29) is 23.0 Å². The van der Waals surface area contributed by atoms with Crippen molar-refractivity contribution in [2.45, 2.75) is 38.0 Å². The van der Waals surface area contributed by atoms with Crippen molar-refractivity contribution in [2.24, 2.45) is 0 Å². The third-order valence-electron chi connectivity index (χ3n) is 5.61. The Bertz CT molecular complexity index is 1060. The number of halogens is 1. The number of hydrogen-bond donors (Lipinski definition) is 1. The molecule has 1 heterocycles. The molecule has 174 valence electrons. The van der Waals surface area contributed by atoms with Gasteiger partial charge in [0, 0.05) is 26.2 Å². The van der Waals surface area contributed by atoms with Crippen LogP contribution in [0.2, 0.25) is 0 Å². The Hall–Kier alpha value is -2.65. The Kier molecular flexibility index (Phi) is 7.73. The molecule has 0 atom stereocenters. The van der Waals surface area contributed by atoms with Gasteiger partial charge in [0.1, 0.15) is 0 Å². The fraction of sp³-hybridized carbons (Fsp3) is 0.435. The van der Waals surface area contributed by atoms with Crippen molar-refractivity contribution in [2.75, 3.05) is 43.5 Å². The van der Waals surface area contributed by atoms with Crippen LogP contribution in [0.15, 0.2) is 41.3 Å². The molecule has 1 N–H and O–H groups in total. The maximum Gasteiger partial charge on any atom is 0.243 e. The molecule has 9 heteroatoms. The largest absolute Gasteiger partial charge is 0.494 e. The molecule has 3 rings (SSSR count). The van der Waals surface area contributed by atoms with Crippen molar-refractivity contribution in [3.05, 3.63) is 47.8 Å². The second-order valence-electron chi connectivity index (χ2n) is 7.66. The monoisotopic (exact) mass is 463 g/mol. The smallest absolute Gasteiger partial charge is 0.243 e. The predicted molar refractivity (Wildman–Crippen MR) is 123 cm³/mol. The zero-order chi connectivity index (χ0) is 23.3. The third kappa shape index (κ3) is 5.21. The van der Waals surface area contributed by atoms with Gasteiger partial charge in [0.25, 0.3) is 0 Å². The molecule has 2 aromatic rings. The van der Waals surface area contributed by atoms with Crippen molar-refractivity contribution < 1.29 is 22.3 Å². The van der Waals surface area contributed by atoms with Crippen LogP contribution in [0, 0.1) is 5.82 Å². The minimum Gasteiger partial charge on any atom is -0.494 e. The number of benzene rings is 2. The number of anilines is 2. The van der Waals surface area contributed by atoms with Gasteiger partial charge in [-0.3, -0.25) is 4.79 Å². The molecule has 0 bridgehead atoms. The lowest BCUT2D eigenvalue weighted by molar-refractivity contribution is -0.115. The zero-order valence-corrected chi connectivity index (χ0v) is 19.5. The van der Waals surface area contributed by atoms with Crippen molar-refractivity contribution in [3.8, 4) is 5.75 Å². The molecule has 0 unspecified atom stereocenters. The van der Waals surface area contributed by atoms with Gasteiger partial charge in [0.05, 0.1) is 29.8 Å². The average molecular weight is 464 g/mol. The molecule has 7 nitrogen and oxygen atoms in total. The van der Waals surface area contributed by atoms with Crippen molar-refractivity contribution in [1.29, 1.82) is 0 Å². The highest BCUT2D eigenvalue weighted by Gasteiger charge is 2.25. The van der Waals surface area contributed by atoms with Gasteiger partial charge in [-0.1, -0.05) is 19.9 Å². The van der Waals surface area contributed by atoms with Crippen LogP contribution in [0.25, 0.3) is 0 Å². The standard InChI is InChI=1S/C23H30FN3O4S/c1-4-27(5-2)32(29,30)18-9-10-21(26-12-6-7-13-26)20(16-18)25-23(28)15-17-8-11-22(31-3)19(24)14-17/h8-11,14,16H,4-7,12-13,15H2,1-3H3,(H,25,28). The van der Waals surface area contributed by atoms with Crippen LogP contribution in [0.1, 0.15) is 32.3 Å². The first kappa shape index (κ1) is 24.0. The van der Waals surface area contributed by atoms with E-state index in [1.54, 1.807) is 32.0 Å². The molecule has 2 aromatic carbocycles. The SMILES string of the molecule is CCN(CC)S(=O)(=O)c1ccc(N2CCCC2)c(NC(=O)Cc2ccc(OC)c(F)c2)c1. The van der Waals surface area contributed by atoms with Gasteiger partial charge in [-0.05, 0) is 48.7 Å². The van der Waals surface area contributed by atoms with Gasteiger partial charge in [-0.15, -0.1) is 0 Å². The number of carbonyl (C=O) groups is 1. The Morgan fingerprint density at radius 1 is 1.12 bits per heavy atom. The number of sulfonamides is 1. The highest BCUT2D eigenvalue weighted by Crippen LogP contribution is 2.32. The second kappa shape index (κ2) is 10.3. The lowest BCUT2D eigenvalue weighted by Crippen LogP contribution is -2.31. The Morgan fingerprint density at radius 3 is 2.41 bits per heavy atom. The molecule has 0 aliphatic carbocycles. The normalized spacial score (nSPS) is 14.1. The van der Waals surface area contributed by atoms with Crippen LogP contribution in [-0.4, -0.2) is 51.9 Å². The Balaban J connectivity index is 1.90. The molecule has 1 saturated heterocycles. The topological polar surface area (TPSA) is 79.0 Å². The summed E-state index contributed by atoms with van der Waals surface area (Å²) in [4.78, 5) is 15.0. The zero-order valence-electron chi connectivity index (χ0n) is 18.7. The van der Waals surface area contributed by atoms with Crippen LogP contribution < -0.4 is 15.0 Å². The van der Waals surface area contributed by atoms with Crippen molar-refractivity contribution in [3.63, 3.8) is 0 Å². The molecule has 1 amide bonds. The summed E-state index contributed by atoms with van der Waals surface area (Å²) in [5.41, 5.74) is 1.73. The number of nitrogens with one attached hydrogen (secondary N) is 1. The number of methoxy groups -OCH3 is 1. The van der Waals surface area contributed by atoms with Crippen LogP contribution in [-0.2, 0) is 21.2 Å².